The zero-order valence-corrected chi connectivity index (χ0v) is 19.5. The van der Waals surface area contributed by atoms with Gasteiger partial charge in [0.05, 0.1) is 6.54 Å². The Morgan fingerprint density at radius 3 is 2.64 bits per heavy atom. The second-order valence-corrected chi connectivity index (χ2v) is 6.71. The van der Waals surface area contributed by atoms with Crippen LogP contribution >= 0.6 is 24.0 Å². The van der Waals surface area contributed by atoms with Crippen LogP contribution in [0, 0.1) is 0 Å². The van der Waals surface area contributed by atoms with Crippen molar-refractivity contribution in [3.63, 3.8) is 0 Å². The van der Waals surface area contributed by atoms with Gasteiger partial charge in [0.2, 0.25) is 5.91 Å². The lowest BCUT2D eigenvalue weighted by Crippen LogP contribution is -2.37. The molecule has 2 rings (SSSR count). The molecule has 158 valence electrons. The minimum Gasteiger partial charge on any atom is -0.382 e. The van der Waals surface area contributed by atoms with Crippen molar-refractivity contribution in [3.05, 3.63) is 35.4 Å². The molecule has 1 aromatic rings. The maximum absolute atomic E-state index is 11.9. The van der Waals surface area contributed by atoms with E-state index in [4.69, 9.17) is 9.73 Å². The Morgan fingerprint density at radius 2 is 1.96 bits per heavy atom. The Hall–Kier alpha value is -1.35. The van der Waals surface area contributed by atoms with Crippen LogP contribution in [0.25, 0.3) is 0 Å². The zero-order chi connectivity index (χ0) is 19.3. The summed E-state index contributed by atoms with van der Waals surface area (Å²) in [6.45, 7) is 9.54. The predicted octanol–water partition coefficient (Wildman–Crippen LogP) is 3.30. The number of unbranched alkanes of at least 4 members (excludes halogenated alkanes) is 1. The summed E-state index contributed by atoms with van der Waals surface area (Å²) in [7, 11) is 0. The first-order valence-electron chi connectivity index (χ1n) is 10.2. The van der Waals surface area contributed by atoms with Crippen LogP contribution in [0.2, 0.25) is 0 Å². The van der Waals surface area contributed by atoms with E-state index in [1.54, 1.807) is 0 Å². The SMILES string of the molecule is CCNC(=NCc1ccccc1CN1CCCC1=O)NCCCCOCC.I. The minimum absolute atomic E-state index is 0. The fourth-order valence-corrected chi connectivity index (χ4v) is 3.13. The number of benzene rings is 1. The summed E-state index contributed by atoms with van der Waals surface area (Å²) in [5, 5.41) is 6.68. The highest BCUT2D eigenvalue weighted by Gasteiger charge is 2.20. The van der Waals surface area contributed by atoms with Crippen LogP contribution in [-0.4, -0.2) is 49.6 Å². The van der Waals surface area contributed by atoms with Crippen LogP contribution in [0.15, 0.2) is 29.3 Å². The van der Waals surface area contributed by atoms with E-state index in [1.165, 1.54) is 11.1 Å². The average molecular weight is 502 g/mol. The molecule has 0 bridgehead atoms. The predicted molar refractivity (Wildman–Crippen MR) is 125 cm³/mol. The third-order valence-corrected chi connectivity index (χ3v) is 4.61. The highest BCUT2D eigenvalue weighted by atomic mass is 127. The first kappa shape index (κ1) is 24.7. The molecule has 0 saturated carbocycles. The molecule has 1 aromatic carbocycles. The lowest BCUT2D eigenvalue weighted by Gasteiger charge is -2.18. The maximum Gasteiger partial charge on any atom is 0.222 e. The fraction of sp³-hybridized carbons (Fsp3) is 0.619. The maximum atomic E-state index is 11.9. The van der Waals surface area contributed by atoms with Crippen molar-refractivity contribution in [1.82, 2.24) is 15.5 Å². The van der Waals surface area contributed by atoms with E-state index in [1.807, 2.05) is 24.0 Å². The van der Waals surface area contributed by atoms with Crippen molar-refractivity contribution in [1.29, 1.82) is 0 Å². The molecular weight excluding hydrogens is 467 g/mol. The molecule has 0 unspecified atom stereocenters. The van der Waals surface area contributed by atoms with Crippen LogP contribution < -0.4 is 10.6 Å². The molecule has 1 saturated heterocycles. The number of nitrogens with zero attached hydrogens (tertiary/aromatic N) is 2. The Kier molecular flexibility index (Phi) is 12.9. The van der Waals surface area contributed by atoms with Crippen LogP contribution in [0.3, 0.4) is 0 Å². The van der Waals surface area contributed by atoms with Crippen LogP contribution in [-0.2, 0) is 22.6 Å². The molecule has 7 heteroatoms. The number of nitrogens with one attached hydrogen (secondary N) is 2. The van der Waals surface area contributed by atoms with Gasteiger partial charge in [0.1, 0.15) is 0 Å². The van der Waals surface area contributed by atoms with Gasteiger partial charge in [0.15, 0.2) is 5.96 Å². The smallest absolute Gasteiger partial charge is 0.222 e. The van der Waals surface area contributed by atoms with Gasteiger partial charge < -0.3 is 20.3 Å². The second-order valence-electron chi connectivity index (χ2n) is 6.71. The third kappa shape index (κ3) is 8.77. The van der Waals surface area contributed by atoms with Crippen molar-refractivity contribution in [2.24, 2.45) is 4.99 Å². The minimum atomic E-state index is 0. The summed E-state index contributed by atoms with van der Waals surface area (Å²) < 4.78 is 5.37. The Balaban J connectivity index is 0.00000392. The Bertz CT molecular complexity index is 610. The average Bonchev–Trinajstić information content (AvgIpc) is 3.08. The molecule has 0 aliphatic carbocycles. The number of guanidine groups is 1. The summed E-state index contributed by atoms with van der Waals surface area (Å²) in [5.74, 6) is 1.09. The van der Waals surface area contributed by atoms with Gasteiger partial charge in [-0.05, 0) is 44.2 Å². The number of carbonyl (C=O) groups excluding carboxylic acids is 1. The molecule has 28 heavy (non-hydrogen) atoms. The van der Waals surface area contributed by atoms with Crippen molar-refractivity contribution < 1.29 is 9.53 Å². The quantitative estimate of drug-likeness (QED) is 0.211. The van der Waals surface area contributed by atoms with E-state index < -0.39 is 0 Å². The number of likely N-dealkylation sites (tertiary alicyclic amines) is 1. The summed E-state index contributed by atoms with van der Waals surface area (Å²) >= 11 is 0. The summed E-state index contributed by atoms with van der Waals surface area (Å²) in [4.78, 5) is 18.6. The van der Waals surface area contributed by atoms with Gasteiger partial charge in [0, 0.05) is 45.8 Å². The van der Waals surface area contributed by atoms with Gasteiger partial charge in [-0.2, -0.15) is 0 Å². The molecule has 1 amide bonds. The van der Waals surface area contributed by atoms with Gasteiger partial charge in [-0.25, -0.2) is 4.99 Å². The summed E-state index contributed by atoms with van der Waals surface area (Å²) in [6.07, 6.45) is 3.75. The van der Waals surface area contributed by atoms with Crippen molar-refractivity contribution in [3.8, 4) is 0 Å². The molecule has 0 aromatic heterocycles. The van der Waals surface area contributed by atoms with E-state index in [0.29, 0.717) is 19.5 Å². The largest absolute Gasteiger partial charge is 0.382 e. The van der Waals surface area contributed by atoms with Gasteiger partial charge >= 0.3 is 0 Å². The zero-order valence-electron chi connectivity index (χ0n) is 17.2. The lowest BCUT2D eigenvalue weighted by atomic mass is 10.1. The van der Waals surface area contributed by atoms with Gasteiger partial charge in [-0.15, -0.1) is 24.0 Å². The van der Waals surface area contributed by atoms with Crippen molar-refractivity contribution in [2.45, 2.75) is 52.6 Å². The summed E-state index contributed by atoms with van der Waals surface area (Å²) in [5.41, 5.74) is 2.36. The van der Waals surface area contributed by atoms with Gasteiger partial charge in [0.25, 0.3) is 0 Å². The first-order valence-corrected chi connectivity index (χ1v) is 10.2. The van der Waals surface area contributed by atoms with Crippen LogP contribution in [0.5, 0.6) is 0 Å². The number of carbonyl (C=O) groups is 1. The standard InChI is InChI=1S/C21H34N4O2.HI/c1-3-22-21(23-13-7-8-15-27-4-2)24-16-18-10-5-6-11-19(18)17-25-14-9-12-20(25)26;/h5-6,10-11H,3-4,7-9,12-17H2,1-2H3,(H2,22,23,24);1H. The molecule has 1 aliphatic rings. The van der Waals surface area contributed by atoms with E-state index in [9.17, 15) is 4.79 Å². The summed E-state index contributed by atoms with van der Waals surface area (Å²) in [6, 6.07) is 8.27. The van der Waals surface area contributed by atoms with Crippen LogP contribution in [0.1, 0.15) is 50.7 Å². The monoisotopic (exact) mass is 502 g/mol. The number of rotatable bonds is 11. The van der Waals surface area contributed by atoms with E-state index in [2.05, 4.69) is 29.7 Å². The number of hydrogen-bond acceptors (Lipinski definition) is 3. The number of halogens is 1. The molecule has 1 aliphatic heterocycles. The van der Waals surface area contributed by atoms with Crippen LogP contribution in [0.4, 0.5) is 0 Å². The highest BCUT2D eigenvalue weighted by molar-refractivity contribution is 14.0. The van der Waals surface area contributed by atoms with Crippen molar-refractivity contribution in [2.75, 3.05) is 32.8 Å². The number of amides is 1. The molecule has 1 heterocycles. The highest BCUT2D eigenvalue weighted by Crippen LogP contribution is 2.17. The van der Waals surface area contributed by atoms with E-state index in [0.717, 1.165) is 58.1 Å². The number of aliphatic imine (C=N–C) groups is 1. The van der Waals surface area contributed by atoms with Gasteiger partial charge in [-0.1, -0.05) is 24.3 Å². The molecule has 6 nitrogen and oxygen atoms in total. The lowest BCUT2D eigenvalue weighted by molar-refractivity contribution is -0.128. The molecule has 2 N–H and O–H groups in total. The van der Waals surface area contributed by atoms with E-state index >= 15 is 0 Å². The number of ether oxygens (including phenoxy) is 1. The van der Waals surface area contributed by atoms with Crippen molar-refractivity contribution >= 4 is 35.8 Å². The normalized spacial score (nSPS) is 14.1. The number of hydrogen-bond donors (Lipinski definition) is 2. The second kappa shape index (κ2) is 14.6. The molecule has 0 radical (unpaired) electrons. The molecular formula is C21H35IN4O2. The molecule has 0 atom stereocenters. The molecule has 0 spiro atoms. The Labute approximate surface area is 186 Å². The topological polar surface area (TPSA) is 66.0 Å². The first-order chi connectivity index (χ1) is 13.2. The third-order valence-electron chi connectivity index (χ3n) is 4.61. The molecule has 1 fully saturated rings. The Morgan fingerprint density at radius 1 is 1.18 bits per heavy atom. The fourth-order valence-electron chi connectivity index (χ4n) is 3.13. The van der Waals surface area contributed by atoms with E-state index in [-0.39, 0.29) is 29.9 Å². The van der Waals surface area contributed by atoms with Gasteiger partial charge in [-0.3, -0.25) is 4.79 Å².